The molecule has 3 aromatic rings. The van der Waals surface area contributed by atoms with Crippen LogP contribution in [0.1, 0.15) is 29.5 Å². The van der Waals surface area contributed by atoms with Crippen molar-refractivity contribution in [3.8, 4) is 0 Å². The number of carbonyl (C=O) groups is 2. The molecule has 1 fully saturated rings. The Balaban J connectivity index is 1.69. The van der Waals surface area contributed by atoms with Crippen molar-refractivity contribution in [2.24, 2.45) is 11.7 Å². The van der Waals surface area contributed by atoms with Crippen molar-refractivity contribution in [3.63, 3.8) is 0 Å². The number of nitrogens with two attached hydrogens (primary N) is 1. The highest BCUT2D eigenvalue weighted by Gasteiger charge is 2.26. The summed E-state index contributed by atoms with van der Waals surface area (Å²) in [6.45, 7) is 6.73. The van der Waals surface area contributed by atoms with Crippen LogP contribution >= 0.6 is 0 Å². The van der Waals surface area contributed by atoms with Crippen LogP contribution < -0.4 is 11.4 Å². The molecule has 152 valence electrons. The summed E-state index contributed by atoms with van der Waals surface area (Å²) in [5.74, 6) is -0.674. The number of aromatic nitrogens is 3. The van der Waals surface area contributed by atoms with Gasteiger partial charge in [0.1, 0.15) is 6.54 Å². The highest BCUT2D eigenvalue weighted by Crippen LogP contribution is 2.23. The predicted octanol–water partition coefficient (Wildman–Crippen LogP) is 1.30. The van der Waals surface area contributed by atoms with Crippen molar-refractivity contribution in [3.05, 3.63) is 45.4 Å². The Bertz CT molecular complexity index is 1200. The Morgan fingerprint density at radius 2 is 1.79 bits per heavy atom. The zero-order chi connectivity index (χ0) is 20.9. The van der Waals surface area contributed by atoms with E-state index in [2.05, 4.69) is 5.10 Å². The molecule has 0 spiro atoms. The maximum absolute atomic E-state index is 13.1. The molecular weight excluding hydrogens is 370 g/mol. The van der Waals surface area contributed by atoms with Crippen molar-refractivity contribution >= 4 is 28.4 Å². The Morgan fingerprint density at radius 3 is 2.45 bits per heavy atom. The van der Waals surface area contributed by atoms with Gasteiger partial charge in [0.15, 0.2) is 5.65 Å². The van der Waals surface area contributed by atoms with Gasteiger partial charge < -0.3 is 10.6 Å². The number of pyridine rings is 1. The van der Waals surface area contributed by atoms with Gasteiger partial charge in [-0.25, -0.2) is 13.9 Å². The number of aryl methyl sites for hydroxylation is 3. The van der Waals surface area contributed by atoms with Crippen LogP contribution in [-0.2, 0) is 16.1 Å². The zero-order valence-corrected chi connectivity index (χ0v) is 16.9. The number of fused-ring (bicyclic) bond motifs is 3. The molecular formula is C21H25N5O3. The predicted molar refractivity (Wildman–Crippen MR) is 110 cm³/mol. The fraction of sp³-hybridized carbons (Fsp3) is 0.429. The second kappa shape index (κ2) is 7.02. The third-order valence-corrected chi connectivity index (χ3v) is 5.80. The number of carbonyl (C=O) groups excluding carboxylic acids is 2. The van der Waals surface area contributed by atoms with Gasteiger partial charge in [-0.2, -0.15) is 0 Å². The standard InChI is InChI=1S/C21H25N5O3/c1-12-8-13(2)18-16(9-12)10-14(3)20-23-25(21(29)26(18)20)11-17(27)24-6-4-15(5-7-24)19(22)28/h8-10,15H,4-7,11H2,1-3H3,(H2,22,28). The average Bonchev–Trinajstić information content (AvgIpc) is 2.98. The van der Waals surface area contributed by atoms with E-state index in [4.69, 9.17) is 5.73 Å². The second-order valence-electron chi connectivity index (χ2n) is 8.00. The number of benzene rings is 1. The van der Waals surface area contributed by atoms with Gasteiger partial charge in [0, 0.05) is 19.0 Å². The number of piperidine rings is 1. The molecule has 1 saturated heterocycles. The van der Waals surface area contributed by atoms with Crippen LogP contribution in [0, 0.1) is 26.7 Å². The molecule has 0 atom stereocenters. The monoisotopic (exact) mass is 395 g/mol. The first-order chi connectivity index (χ1) is 13.8. The molecule has 1 aromatic carbocycles. The first kappa shape index (κ1) is 19.2. The number of hydrogen-bond acceptors (Lipinski definition) is 4. The van der Waals surface area contributed by atoms with Crippen molar-refractivity contribution in [1.82, 2.24) is 19.1 Å². The summed E-state index contributed by atoms with van der Waals surface area (Å²) in [6.07, 6.45) is 1.12. The Hall–Kier alpha value is -3.16. The molecule has 29 heavy (non-hydrogen) atoms. The quantitative estimate of drug-likeness (QED) is 0.722. The summed E-state index contributed by atoms with van der Waals surface area (Å²) in [5, 5.41) is 5.43. The molecule has 0 unspecified atom stereocenters. The summed E-state index contributed by atoms with van der Waals surface area (Å²) < 4.78 is 2.84. The third kappa shape index (κ3) is 3.28. The SMILES string of the molecule is Cc1cc(C)c2c(c1)cc(C)c1nn(CC(=O)N3CCC(C(N)=O)CC3)c(=O)n12. The highest BCUT2D eigenvalue weighted by molar-refractivity contribution is 5.87. The van der Waals surface area contributed by atoms with Crippen LogP contribution in [-0.4, -0.2) is 44.0 Å². The molecule has 0 aliphatic carbocycles. The summed E-state index contributed by atoms with van der Waals surface area (Å²) in [7, 11) is 0. The lowest BCUT2D eigenvalue weighted by atomic mass is 9.96. The molecule has 8 heteroatoms. The largest absolute Gasteiger partial charge is 0.369 e. The second-order valence-corrected chi connectivity index (χ2v) is 8.00. The van der Waals surface area contributed by atoms with Gasteiger partial charge in [-0.15, -0.1) is 5.10 Å². The van der Waals surface area contributed by atoms with E-state index < -0.39 is 0 Å². The molecule has 4 rings (SSSR count). The first-order valence-corrected chi connectivity index (χ1v) is 9.83. The molecule has 2 amide bonds. The molecule has 3 heterocycles. The fourth-order valence-corrected chi connectivity index (χ4v) is 4.32. The molecule has 1 aliphatic rings. The summed E-state index contributed by atoms with van der Waals surface area (Å²) in [5.41, 5.74) is 9.43. The van der Waals surface area contributed by atoms with E-state index in [-0.39, 0.29) is 30.0 Å². The van der Waals surface area contributed by atoms with Gasteiger partial charge in [-0.05, 0) is 62.3 Å². The van der Waals surface area contributed by atoms with Crippen molar-refractivity contribution in [2.45, 2.75) is 40.2 Å². The Kier molecular flexibility index (Phi) is 4.64. The average molecular weight is 395 g/mol. The van der Waals surface area contributed by atoms with Gasteiger partial charge >= 0.3 is 5.69 Å². The number of amides is 2. The van der Waals surface area contributed by atoms with E-state index in [1.54, 1.807) is 9.30 Å². The van der Waals surface area contributed by atoms with Crippen LogP contribution in [0.4, 0.5) is 0 Å². The molecule has 1 aliphatic heterocycles. The Labute approximate surface area is 167 Å². The van der Waals surface area contributed by atoms with E-state index >= 15 is 0 Å². The van der Waals surface area contributed by atoms with E-state index in [1.165, 1.54) is 4.68 Å². The van der Waals surface area contributed by atoms with Crippen molar-refractivity contribution in [2.75, 3.05) is 13.1 Å². The van der Waals surface area contributed by atoms with Crippen molar-refractivity contribution < 1.29 is 9.59 Å². The number of nitrogens with zero attached hydrogens (tertiary/aromatic N) is 4. The summed E-state index contributed by atoms with van der Waals surface area (Å²) >= 11 is 0. The molecule has 0 bridgehead atoms. The number of rotatable bonds is 3. The molecule has 2 N–H and O–H groups in total. The smallest absolute Gasteiger partial charge is 0.351 e. The van der Waals surface area contributed by atoms with E-state index in [1.807, 2.05) is 39.0 Å². The maximum atomic E-state index is 13.1. The molecule has 0 saturated carbocycles. The van der Waals surface area contributed by atoms with Crippen LogP contribution in [0.15, 0.2) is 23.0 Å². The number of likely N-dealkylation sites (tertiary alicyclic amines) is 1. The van der Waals surface area contributed by atoms with Crippen LogP contribution in [0.2, 0.25) is 0 Å². The van der Waals surface area contributed by atoms with E-state index in [0.717, 1.165) is 27.6 Å². The van der Waals surface area contributed by atoms with Crippen LogP contribution in [0.5, 0.6) is 0 Å². The van der Waals surface area contributed by atoms with Crippen LogP contribution in [0.3, 0.4) is 0 Å². The van der Waals surface area contributed by atoms with Crippen molar-refractivity contribution in [1.29, 1.82) is 0 Å². The minimum Gasteiger partial charge on any atom is -0.369 e. The Morgan fingerprint density at radius 1 is 1.10 bits per heavy atom. The number of hydrogen-bond donors (Lipinski definition) is 1. The minimum atomic E-state index is -0.318. The van der Waals surface area contributed by atoms with Gasteiger partial charge in [-0.3, -0.25) is 9.59 Å². The van der Waals surface area contributed by atoms with Gasteiger partial charge in [-0.1, -0.05) is 11.6 Å². The van der Waals surface area contributed by atoms with Gasteiger partial charge in [0.2, 0.25) is 11.8 Å². The lowest BCUT2D eigenvalue weighted by molar-refractivity contribution is -0.135. The normalized spacial score (nSPS) is 15.3. The number of primary amides is 1. The highest BCUT2D eigenvalue weighted by atomic mass is 16.2. The summed E-state index contributed by atoms with van der Waals surface area (Å²) in [6, 6.07) is 6.11. The lowest BCUT2D eigenvalue weighted by Gasteiger charge is -2.30. The minimum absolute atomic E-state index is 0.117. The lowest BCUT2D eigenvalue weighted by Crippen LogP contribution is -2.44. The third-order valence-electron chi connectivity index (χ3n) is 5.80. The first-order valence-electron chi connectivity index (χ1n) is 9.83. The van der Waals surface area contributed by atoms with E-state index in [0.29, 0.717) is 31.6 Å². The fourth-order valence-electron chi connectivity index (χ4n) is 4.32. The van der Waals surface area contributed by atoms with Gasteiger partial charge in [0.25, 0.3) is 0 Å². The van der Waals surface area contributed by atoms with E-state index in [9.17, 15) is 14.4 Å². The maximum Gasteiger partial charge on any atom is 0.351 e. The van der Waals surface area contributed by atoms with Crippen LogP contribution in [0.25, 0.3) is 16.6 Å². The van der Waals surface area contributed by atoms with Gasteiger partial charge in [0.05, 0.1) is 5.52 Å². The summed E-state index contributed by atoms with van der Waals surface area (Å²) in [4.78, 5) is 38.8. The molecule has 8 nitrogen and oxygen atoms in total. The zero-order valence-electron chi connectivity index (χ0n) is 16.9. The topological polar surface area (TPSA) is 103 Å². The molecule has 2 aromatic heterocycles. The molecule has 0 radical (unpaired) electrons.